The molecule has 0 aliphatic rings. The molecule has 0 bridgehead atoms. The summed E-state index contributed by atoms with van der Waals surface area (Å²) >= 11 is 0. The van der Waals surface area contributed by atoms with Crippen molar-refractivity contribution in [3.8, 4) is 11.5 Å². The number of ether oxygens (including phenoxy) is 3. The Morgan fingerprint density at radius 1 is 1.00 bits per heavy atom. The molecule has 1 amide bonds. The summed E-state index contributed by atoms with van der Waals surface area (Å²) in [5.41, 5.74) is -0.745. The Kier molecular flexibility index (Phi) is 8.54. The highest BCUT2D eigenvalue weighted by molar-refractivity contribution is 7.89. The molecule has 0 fully saturated rings. The summed E-state index contributed by atoms with van der Waals surface area (Å²) < 4.78 is 42.0. The predicted molar refractivity (Wildman–Crippen MR) is 122 cm³/mol. The number of nitrogens with zero attached hydrogens (tertiary/aromatic N) is 1. The molecule has 1 unspecified atom stereocenters. The Bertz CT molecular complexity index is 1180. The van der Waals surface area contributed by atoms with Gasteiger partial charge in [0.2, 0.25) is 10.0 Å². The molecule has 2 aromatic rings. The van der Waals surface area contributed by atoms with Crippen LogP contribution in [-0.2, 0) is 19.6 Å². The van der Waals surface area contributed by atoms with E-state index >= 15 is 0 Å². The molecule has 0 saturated heterocycles. The summed E-state index contributed by atoms with van der Waals surface area (Å²) in [5, 5.41) is 13.9. The zero-order valence-corrected chi connectivity index (χ0v) is 20.0. The molecule has 1 atom stereocenters. The van der Waals surface area contributed by atoms with E-state index in [1.54, 1.807) is 13.8 Å². The van der Waals surface area contributed by atoms with Crippen LogP contribution in [0, 0.1) is 10.1 Å². The van der Waals surface area contributed by atoms with Crippen LogP contribution in [0.5, 0.6) is 11.5 Å². The third kappa shape index (κ3) is 6.42. The quantitative estimate of drug-likeness (QED) is 0.286. The van der Waals surface area contributed by atoms with Crippen molar-refractivity contribution in [2.24, 2.45) is 0 Å². The topological polar surface area (TPSA) is 163 Å². The summed E-state index contributed by atoms with van der Waals surface area (Å²) in [6, 6.07) is 7.19. The third-order valence-electron chi connectivity index (χ3n) is 4.39. The normalized spacial score (nSPS) is 12.1. The summed E-state index contributed by atoms with van der Waals surface area (Å²) in [5.74, 6) is -1.73. The summed E-state index contributed by atoms with van der Waals surface area (Å²) in [4.78, 5) is 35.6. The van der Waals surface area contributed by atoms with Gasteiger partial charge in [-0.05, 0) is 45.0 Å². The van der Waals surface area contributed by atoms with Crippen LogP contribution < -0.4 is 19.5 Å². The molecule has 12 nitrogen and oxygen atoms in total. The molecule has 0 spiro atoms. The highest BCUT2D eigenvalue weighted by atomic mass is 32.2. The van der Waals surface area contributed by atoms with Crippen molar-refractivity contribution >= 4 is 33.3 Å². The maximum atomic E-state index is 12.6. The van der Waals surface area contributed by atoms with Crippen molar-refractivity contribution in [3.05, 3.63) is 52.1 Å². The minimum absolute atomic E-state index is 0.0134. The minimum atomic E-state index is -3.70. The van der Waals surface area contributed by atoms with Crippen molar-refractivity contribution in [3.63, 3.8) is 0 Å². The number of anilines is 1. The number of esters is 1. The van der Waals surface area contributed by atoms with Crippen LogP contribution in [0.25, 0.3) is 0 Å². The van der Waals surface area contributed by atoms with E-state index in [-0.39, 0.29) is 28.1 Å². The predicted octanol–water partition coefficient (Wildman–Crippen LogP) is 2.48. The zero-order chi connectivity index (χ0) is 25.6. The fourth-order valence-electron chi connectivity index (χ4n) is 2.80. The van der Waals surface area contributed by atoms with Gasteiger partial charge in [0.1, 0.15) is 5.56 Å². The fourth-order valence-corrected chi connectivity index (χ4v) is 4.05. The molecule has 2 N–H and O–H groups in total. The van der Waals surface area contributed by atoms with E-state index in [1.807, 2.05) is 0 Å². The lowest BCUT2D eigenvalue weighted by atomic mass is 10.1. The molecule has 13 heteroatoms. The van der Waals surface area contributed by atoms with E-state index in [0.717, 1.165) is 12.1 Å². The van der Waals surface area contributed by atoms with Gasteiger partial charge in [0.15, 0.2) is 17.6 Å². The van der Waals surface area contributed by atoms with Crippen molar-refractivity contribution in [1.29, 1.82) is 0 Å². The van der Waals surface area contributed by atoms with Gasteiger partial charge in [-0.2, -0.15) is 0 Å². The van der Waals surface area contributed by atoms with Crippen LogP contribution in [0.15, 0.2) is 41.3 Å². The zero-order valence-electron chi connectivity index (χ0n) is 19.1. The van der Waals surface area contributed by atoms with Crippen LogP contribution in [0.2, 0.25) is 0 Å². The van der Waals surface area contributed by atoms with Gasteiger partial charge in [0, 0.05) is 17.8 Å². The number of amides is 1. The number of carbonyl (C=O) groups excluding carboxylic acids is 2. The lowest BCUT2D eigenvalue weighted by Gasteiger charge is -2.15. The van der Waals surface area contributed by atoms with E-state index in [0.29, 0.717) is 0 Å². The van der Waals surface area contributed by atoms with Gasteiger partial charge in [0.05, 0.1) is 30.1 Å². The monoisotopic (exact) mass is 495 g/mol. The summed E-state index contributed by atoms with van der Waals surface area (Å²) in [6.45, 7) is 4.65. The number of carbonyl (C=O) groups is 2. The van der Waals surface area contributed by atoms with Gasteiger partial charge >= 0.3 is 5.97 Å². The Labute approximate surface area is 196 Å². The summed E-state index contributed by atoms with van der Waals surface area (Å²) in [7, 11) is -1.11. The van der Waals surface area contributed by atoms with Crippen molar-refractivity contribution < 1.29 is 37.1 Å². The Hall–Kier alpha value is -3.71. The Balaban J connectivity index is 2.14. The van der Waals surface area contributed by atoms with Crippen molar-refractivity contribution in [2.75, 3.05) is 19.5 Å². The molecule has 0 aliphatic heterocycles. The highest BCUT2D eigenvalue weighted by Crippen LogP contribution is 2.35. The molecule has 0 aromatic heterocycles. The average molecular weight is 496 g/mol. The molecule has 0 heterocycles. The fraction of sp³-hybridized carbons (Fsp3) is 0.333. The number of methoxy groups -OCH3 is 2. The van der Waals surface area contributed by atoms with Gasteiger partial charge in [-0.3, -0.25) is 14.9 Å². The molecule has 184 valence electrons. The first-order chi connectivity index (χ1) is 15.9. The number of rotatable bonds is 10. The first-order valence-electron chi connectivity index (χ1n) is 9.94. The van der Waals surface area contributed by atoms with E-state index in [2.05, 4.69) is 10.0 Å². The van der Waals surface area contributed by atoms with Crippen LogP contribution in [0.1, 0.15) is 31.1 Å². The largest absolute Gasteiger partial charge is 0.493 e. The SMILES string of the molecule is COc1cc(C(=O)OC(C)C(=O)Nc2ccc(S(=O)(=O)NC(C)C)cc2)c([N+](=O)[O-])cc1OC. The number of nitrogens with one attached hydrogen (secondary N) is 2. The van der Waals surface area contributed by atoms with E-state index in [4.69, 9.17) is 14.2 Å². The van der Waals surface area contributed by atoms with Gasteiger partial charge in [-0.15, -0.1) is 0 Å². The number of sulfonamides is 1. The van der Waals surface area contributed by atoms with Crippen molar-refractivity contribution in [1.82, 2.24) is 4.72 Å². The molecule has 2 aromatic carbocycles. The van der Waals surface area contributed by atoms with E-state index < -0.39 is 44.2 Å². The Morgan fingerprint density at radius 3 is 2.06 bits per heavy atom. The first kappa shape index (κ1) is 26.5. The standard InChI is InChI=1S/C21H25N3O9S/c1-12(2)23-34(29,30)15-8-6-14(7-9-15)22-20(25)13(3)33-21(26)16-10-18(31-4)19(32-5)11-17(16)24(27)28/h6-13,23H,1-5H3,(H,22,25). The average Bonchev–Trinajstić information content (AvgIpc) is 2.77. The lowest BCUT2D eigenvalue weighted by molar-refractivity contribution is -0.385. The van der Waals surface area contributed by atoms with Crippen LogP contribution in [0.3, 0.4) is 0 Å². The molecular formula is C21H25N3O9S. The van der Waals surface area contributed by atoms with Crippen LogP contribution in [-0.4, -0.2) is 51.6 Å². The van der Waals surface area contributed by atoms with E-state index in [1.165, 1.54) is 45.4 Å². The second-order valence-electron chi connectivity index (χ2n) is 7.32. The smallest absolute Gasteiger partial charge is 0.346 e. The number of nitro groups is 1. The van der Waals surface area contributed by atoms with Gasteiger partial charge in [-0.1, -0.05) is 0 Å². The maximum Gasteiger partial charge on any atom is 0.346 e. The molecule has 0 saturated carbocycles. The van der Waals surface area contributed by atoms with Crippen LogP contribution in [0.4, 0.5) is 11.4 Å². The van der Waals surface area contributed by atoms with Crippen LogP contribution >= 0.6 is 0 Å². The molecular weight excluding hydrogens is 470 g/mol. The van der Waals surface area contributed by atoms with Gasteiger partial charge < -0.3 is 19.5 Å². The molecule has 0 aliphatic carbocycles. The lowest BCUT2D eigenvalue weighted by Crippen LogP contribution is -2.31. The number of benzene rings is 2. The number of nitro benzene ring substituents is 1. The minimum Gasteiger partial charge on any atom is -0.493 e. The molecule has 34 heavy (non-hydrogen) atoms. The molecule has 0 radical (unpaired) electrons. The second kappa shape index (κ2) is 10.9. The third-order valence-corrected chi connectivity index (χ3v) is 6.07. The molecule has 2 rings (SSSR count). The highest BCUT2D eigenvalue weighted by Gasteiger charge is 2.28. The second-order valence-corrected chi connectivity index (χ2v) is 9.03. The van der Waals surface area contributed by atoms with Gasteiger partial charge in [0.25, 0.3) is 11.6 Å². The van der Waals surface area contributed by atoms with Crippen molar-refractivity contribution in [2.45, 2.75) is 37.8 Å². The van der Waals surface area contributed by atoms with E-state index in [9.17, 15) is 28.1 Å². The number of hydrogen-bond donors (Lipinski definition) is 2. The number of hydrogen-bond acceptors (Lipinski definition) is 9. The van der Waals surface area contributed by atoms with Gasteiger partial charge in [-0.25, -0.2) is 17.9 Å². The maximum absolute atomic E-state index is 12.6. The first-order valence-corrected chi connectivity index (χ1v) is 11.4. The Morgan fingerprint density at radius 2 is 1.56 bits per heavy atom. The summed E-state index contributed by atoms with van der Waals surface area (Å²) in [6.07, 6.45) is -1.33.